The highest BCUT2D eigenvalue weighted by atomic mass is 32.1. The second-order valence-electron chi connectivity index (χ2n) is 9.39. The fraction of sp³-hybridized carbons (Fsp3) is 0.233. The third-order valence-electron chi connectivity index (χ3n) is 6.85. The summed E-state index contributed by atoms with van der Waals surface area (Å²) in [5.74, 6) is 0.144. The van der Waals surface area contributed by atoms with Crippen molar-refractivity contribution in [1.29, 1.82) is 0 Å². The molecular weight excluding hydrogens is 500 g/mol. The number of hydrogen-bond acceptors (Lipinski definition) is 7. The van der Waals surface area contributed by atoms with Crippen LogP contribution in [0.2, 0.25) is 0 Å². The number of rotatable bonds is 6. The first kappa shape index (κ1) is 24.2. The lowest BCUT2D eigenvalue weighted by Crippen LogP contribution is -2.58. The molecule has 0 amide bonds. The van der Waals surface area contributed by atoms with Crippen molar-refractivity contribution in [3.05, 3.63) is 115 Å². The average molecular weight is 527 g/mol. The van der Waals surface area contributed by atoms with Gasteiger partial charge in [-0.05, 0) is 49.2 Å². The Labute approximate surface area is 223 Å². The van der Waals surface area contributed by atoms with Crippen LogP contribution in [0.5, 0.6) is 11.5 Å². The predicted molar refractivity (Wildman–Crippen MR) is 144 cm³/mol. The number of ether oxygens (including phenoxy) is 3. The molecule has 0 radical (unpaired) electrons. The second-order valence-corrected chi connectivity index (χ2v) is 10.4. The molecule has 2 aliphatic rings. The molecule has 0 saturated heterocycles. The van der Waals surface area contributed by atoms with Crippen LogP contribution >= 0.6 is 11.3 Å². The Kier molecular flexibility index (Phi) is 6.12. The second kappa shape index (κ2) is 9.61. The van der Waals surface area contributed by atoms with Crippen molar-refractivity contribution in [3.8, 4) is 11.5 Å². The number of para-hydroxylation sites is 1. The zero-order chi connectivity index (χ0) is 26.3. The van der Waals surface area contributed by atoms with Crippen molar-refractivity contribution >= 4 is 23.4 Å². The van der Waals surface area contributed by atoms with Gasteiger partial charge < -0.3 is 14.2 Å². The minimum Gasteiger partial charge on any atom is -0.489 e. The van der Waals surface area contributed by atoms with Gasteiger partial charge in [0, 0.05) is 5.56 Å². The Morgan fingerprint density at radius 3 is 2.58 bits per heavy atom. The van der Waals surface area contributed by atoms with Gasteiger partial charge in [0.15, 0.2) is 4.80 Å². The van der Waals surface area contributed by atoms with Crippen LogP contribution < -0.4 is 24.4 Å². The largest absolute Gasteiger partial charge is 0.489 e. The van der Waals surface area contributed by atoms with E-state index >= 15 is 0 Å². The first-order valence-electron chi connectivity index (χ1n) is 12.5. The van der Waals surface area contributed by atoms with Gasteiger partial charge in [-0.25, -0.2) is 4.99 Å². The number of aromatic nitrogens is 1. The third kappa shape index (κ3) is 4.20. The van der Waals surface area contributed by atoms with Crippen LogP contribution in [0.3, 0.4) is 0 Å². The van der Waals surface area contributed by atoms with E-state index in [1.165, 1.54) is 11.3 Å². The molecule has 0 fully saturated rings. The topological polar surface area (TPSA) is 79.1 Å². The first-order chi connectivity index (χ1) is 18.5. The van der Waals surface area contributed by atoms with Crippen LogP contribution in [-0.4, -0.2) is 22.9 Å². The molecule has 0 spiro atoms. The number of thiazole rings is 1. The van der Waals surface area contributed by atoms with E-state index in [2.05, 4.69) is 0 Å². The van der Waals surface area contributed by atoms with Gasteiger partial charge in [-0.2, -0.15) is 0 Å². The average Bonchev–Trinajstić information content (AvgIpc) is 3.21. The number of esters is 1. The van der Waals surface area contributed by atoms with Crippen molar-refractivity contribution in [2.75, 3.05) is 6.61 Å². The molecule has 2 bridgehead atoms. The monoisotopic (exact) mass is 526 g/mol. The maximum absolute atomic E-state index is 13.7. The smallest absolute Gasteiger partial charge is 0.317 e. The summed E-state index contributed by atoms with van der Waals surface area (Å²) in [4.78, 5) is 32.2. The maximum atomic E-state index is 13.7. The minimum absolute atomic E-state index is 0.198. The summed E-state index contributed by atoms with van der Waals surface area (Å²) >= 11 is 1.29. The molecule has 3 atom stereocenters. The summed E-state index contributed by atoms with van der Waals surface area (Å²) in [6.45, 7) is 4.26. The molecule has 1 aromatic heterocycles. The lowest BCUT2D eigenvalue weighted by atomic mass is 9.81. The predicted octanol–water partition coefficient (Wildman–Crippen LogP) is 3.83. The van der Waals surface area contributed by atoms with Crippen LogP contribution in [0.4, 0.5) is 0 Å². The quantitative estimate of drug-likeness (QED) is 0.357. The number of carbonyl (C=O) groups is 1. The van der Waals surface area contributed by atoms with Gasteiger partial charge in [0.05, 0.1) is 17.2 Å². The Bertz CT molecular complexity index is 1680. The molecule has 3 aromatic carbocycles. The van der Waals surface area contributed by atoms with E-state index in [9.17, 15) is 9.59 Å². The van der Waals surface area contributed by atoms with Gasteiger partial charge in [-0.1, -0.05) is 72.0 Å². The Morgan fingerprint density at radius 1 is 1.08 bits per heavy atom. The molecule has 0 unspecified atom stereocenters. The van der Waals surface area contributed by atoms with Crippen LogP contribution in [0, 0.1) is 5.92 Å². The van der Waals surface area contributed by atoms with Gasteiger partial charge in [0.1, 0.15) is 24.0 Å². The fourth-order valence-corrected chi connectivity index (χ4v) is 6.19. The number of hydrogen-bond donors (Lipinski definition) is 0. The summed E-state index contributed by atoms with van der Waals surface area (Å²) in [5.41, 5.74) is 1.34. The van der Waals surface area contributed by atoms with Gasteiger partial charge in [0.25, 0.3) is 5.56 Å². The molecule has 7 nitrogen and oxygen atoms in total. The van der Waals surface area contributed by atoms with E-state index in [1.807, 2.05) is 84.9 Å². The molecule has 38 heavy (non-hydrogen) atoms. The number of carbonyl (C=O) groups excluding carboxylic acids is 1. The van der Waals surface area contributed by atoms with Crippen molar-refractivity contribution in [3.63, 3.8) is 0 Å². The summed E-state index contributed by atoms with van der Waals surface area (Å²) < 4.78 is 19.7. The lowest BCUT2D eigenvalue weighted by molar-refractivity contribution is -0.160. The number of benzene rings is 3. The zero-order valence-electron chi connectivity index (χ0n) is 21.0. The van der Waals surface area contributed by atoms with Crippen LogP contribution in [0.15, 0.2) is 88.6 Å². The Hall–Kier alpha value is -4.17. The standard InChI is InChI=1S/C30H26N2O5S/c1-3-35-28(34)25-26-22-11-7-8-12-23(22)37-30(25,2)31-29-32(26)27(33)24(38-29)17-19-13-15-21(16-14-19)36-18-20-9-5-4-6-10-20/h4-17,25-26H,3,18H2,1-2H3/b24-17+/t25-,26+,30+/m0/s1. The summed E-state index contributed by atoms with van der Waals surface area (Å²) in [6.07, 6.45) is 1.84. The van der Waals surface area contributed by atoms with Crippen LogP contribution in [0.1, 0.15) is 36.6 Å². The van der Waals surface area contributed by atoms with E-state index in [0.717, 1.165) is 22.4 Å². The van der Waals surface area contributed by atoms with Gasteiger partial charge in [-0.15, -0.1) is 0 Å². The van der Waals surface area contributed by atoms with E-state index in [-0.39, 0.29) is 12.2 Å². The first-order valence-corrected chi connectivity index (χ1v) is 13.3. The van der Waals surface area contributed by atoms with E-state index in [1.54, 1.807) is 18.4 Å². The van der Waals surface area contributed by atoms with Crippen LogP contribution in [-0.2, 0) is 16.1 Å². The molecule has 0 N–H and O–H groups in total. The SMILES string of the molecule is CCOC(=O)[C@@H]1[C@H]2c3ccccc3O[C@@]1(C)N=c1s/c(=C/c3ccc(OCc4ccccc4)cc3)c(=O)n12. The summed E-state index contributed by atoms with van der Waals surface area (Å²) in [7, 11) is 0. The van der Waals surface area contributed by atoms with Crippen molar-refractivity contribution in [1.82, 2.24) is 4.57 Å². The van der Waals surface area contributed by atoms with E-state index in [0.29, 0.717) is 21.7 Å². The van der Waals surface area contributed by atoms with Crippen LogP contribution in [0.25, 0.3) is 6.08 Å². The van der Waals surface area contributed by atoms with E-state index in [4.69, 9.17) is 19.2 Å². The molecule has 8 heteroatoms. The molecule has 6 rings (SSSR count). The molecule has 4 aromatic rings. The highest BCUT2D eigenvalue weighted by molar-refractivity contribution is 7.07. The Balaban J connectivity index is 1.38. The number of fused-ring (bicyclic) bond motifs is 6. The zero-order valence-corrected chi connectivity index (χ0v) is 21.8. The molecule has 0 aliphatic carbocycles. The van der Waals surface area contributed by atoms with Crippen molar-refractivity contribution in [2.24, 2.45) is 10.9 Å². The van der Waals surface area contributed by atoms with E-state index < -0.39 is 23.7 Å². The van der Waals surface area contributed by atoms with Crippen molar-refractivity contribution < 1.29 is 19.0 Å². The van der Waals surface area contributed by atoms with Gasteiger partial charge in [0.2, 0.25) is 5.72 Å². The molecule has 3 heterocycles. The van der Waals surface area contributed by atoms with Gasteiger partial charge in [-0.3, -0.25) is 14.2 Å². The van der Waals surface area contributed by atoms with Crippen molar-refractivity contribution in [2.45, 2.75) is 32.2 Å². The summed E-state index contributed by atoms with van der Waals surface area (Å²) in [5, 5.41) is 0. The highest BCUT2D eigenvalue weighted by Gasteiger charge is 2.55. The Morgan fingerprint density at radius 2 is 1.82 bits per heavy atom. The molecule has 2 aliphatic heterocycles. The minimum atomic E-state index is -1.18. The number of nitrogens with zero attached hydrogens (tertiary/aromatic N) is 2. The molecular formula is C30H26N2O5S. The normalized spacial score (nSPS) is 21.5. The molecule has 192 valence electrons. The summed E-state index contributed by atoms with van der Waals surface area (Å²) in [6, 6.07) is 24.5. The highest BCUT2D eigenvalue weighted by Crippen LogP contribution is 2.47. The maximum Gasteiger partial charge on any atom is 0.317 e. The molecule has 0 saturated carbocycles. The fourth-order valence-electron chi connectivity index (χ4n) is 5.09. The van der Waals surface area contributed by atoms with Gasteiger partial charge >= 0.3 is 5.97 Å². The third-order valence-corrected chi connectivity index (χ3v) is 7.83. The lowest BCUT2D eigenvalue weighted by Gasteiger charge is -2.44.